The van der Waals surface area contributed by atoms with Crippen LogP contribution in [0.5, 0.6) is 0 Å². The summed E-state index contributed by atoms with van der Waals surface area (Å²) in [5.41, 5.74) is 10.8. The predicted molar refractivity (Wildman–Crippen MR) is 100 cm³/mol. The molecule has 8 nitrogen and oxygen atoms in total. The van der Waals surface area contributed by atoms with E-state index in [9.17, 15) is 4.79 Å². The van der Waals surface area contributed by atoms with Gasteiger partial charge in [-0.15, -0.1) is 0 Å². The molecule has 2 aromatic heterocycles. The van der Waals surface area contributed by atoms with Crippen molar-refractivity contribution in [2.24, 2.45) is 0 Å². The van der Waals surface area contributed by atoms with Crippen LogP contribution in [0, 0.1) is 0 Å². The molecule has 8 heteroatoms. The lowest BCUT2D eigenvalue weighted by atomic mass is 9.77. The zero-order valence-corrected chi connectivity index (χ0v) is 15.7. The summed E-state index contributed by atoms with van der Waals surface area (Å²) >= 11 is 0. The third-order valence-corrected chi connectivity index (χ3v) is 6.45. The number of amides is 1. The molecule has 1 amide bonds. The third kappa shape index (κ3) is 2.62. The Kier molecular flexibility index (Phi) is 3.72. The number of nitrogens with one attached hydrogen (secondary N) is 1. The molecule has 4 heterocycles. The van der Waals surface area contributed by atoms with Crippen LogP contribution in [0.25, 0.3) is 0 Å². The van der Waals surface area contributed by atoms with Crippen molar-refractivity contribution in [3.8, 4) is 0 Å². The SMILES string of the molecule is CN1CCc2[nH]nc(C(=O)N3CCCC4(CCc5cnc(N)nc54)C3)c2C1. The summed E-state index contributed by atoms with van der Waals surface area (Å²) in [6.07, 6.45) is 6.75. The van der Waals surface area contributed by atoms with E-state index in [2.05, 4.69) is 32.1 Å². The average Bonchev–Trinajstić information content (AvgIpc) is 3.23. The van der Waals surface area contributed by atoms with Crippen molar-refractivity contribution in [1.82, 2.24) is 30.0 Å². The minimum absolute atomic E-state index is 0.0392. The van der Waals surface area contributed by atoms with E-state index in [4.69, 9.17) is 5.73 Å². The van der Waals surface area contributed by atoms with Crippen LogP contribution in [-0.4, -0.2) is 62.6 Å². The molecule has 1 saturated heterocycles. The Morgan fingerprint density at radius 1 is 1.30 bits per heavy atom. The van der Waals surface area contributed by atoms with E-state index in [-0.39, 0.29) is 11.3 Å². The number of H-pyrrole nitrogens is 1. The van der Waals surface area contributed by atoms with Crippen molar-refractivity contribution in [2.45, 2.75) is 44.1 Å². The van der Waals surface area contributed by atoms with Gasteiger partial charge in [0.15, 0.2) is 5.69 Å². The highest BCUT2D eigenvalue weighted by molar-refractivity contribution is 5.94. The van der Waals surface area contributed by atoms with Crippen LogP contribution in [0.15, 0.2) is 6.20 Å². The topological polar surface area (TPSA) is 104 Å². The fraction of sp³-hybridized carbons (Fsp3) is 0.579. The number of fused-ring (bicyclic) bond motifs is 3. The highest BCUT2D eigenvalue weighted by Crippen LogP contribution is 2.44. The molecule has 0 aromatic carbocycles. The maximum absolute atomic E-state index is 13.3. The second-order valence-electron chi connectivity index (χ2n) is 8.23. The number of piperidine rings is 1. The number of likely N-dealkylation sites (tertiary alicyclic amines) is 1. The van der Waals surface area contributed by atoms with Crippen LogP contribution in [0.4, 0.5) is 5.95 Å². The molecule has 1 unspecified atom stereocenters. The monoisotopic (exact) mass is 367 g/mol. The standard InChI is InChI=1S/C19H25N7O/c1-25-8-4-14-13(10-25)15(24-23-14)17(27)26-7-2-5-19(11-26)6-3-12-9-21-18(20)22-16(12)19/h9H,2-8,10-11H2,1H3,(H,23,24)(H2,20,21,22). The lowest BCUT2D eigenvalue weighted by Crippen LogP contribution is -2.48. The first kappa shape index (κ1) is 16.7. The third-order valence-electron chi connectivity index (χ3n) is 6.45. The number of carbonyl (C=O) groups is 1. The summed E-state index contributed by atoms with van der Waals surface area (Å²) in [7, 11) is 2.08. The summed E-state index contributed by atoms with van der Waals surface area (Å²) < 4.78 is 0. The van der Waals surface area contributed by atoms with E-state index < -0.39 is 0 Å². The van der Waals surface area contributed by atoms with Gasteiger partial charge in [0.05, 0.1) is 5.69 Å². The maximum Gasteiger partial charge on any atom is 0.274 e. The van der Waals surface area contributed by atoms with E-state index >= 15 is 0 Å². The Morgan fingerprint density at radius 3 is 3.07 bits per heavy atom. The van der Waals surface area contributed by atoms with Crippen molar-refractivity contribution in [3.05, 3.63) is 34.4 Å². The Morgan fingerprint density at radius 2 is 2.19 bits per heavy atom. The fourth-order valence-electron chi connectivity index (χ4n) is 5.01. The number of nitrogen functional groups attached to an aromatic ring is 1. The zero-order valence-electron chi connectivity index (χ0n) is 15.7. The van der Waals surface area contributed by atoms with Crippen molar-refractivity contribution < 1.29 is 4.79 Å². The largest absolute Gasteiger partial charge is 0.368 e. The number of hydrogen-bond donors (Lipinski definition) is 2. The first-order chi connectivity index (χ1) is 13.1. The first-order valence-electron chi connectivity index (χ1n) is 9.71. The molecule has 27 heavy (non-hydrogen) atoms. The smallest absolute Gasteiger partial charge is 0.274 e. The summed E-state index contributed by atoms with van der Waals surface area (Å²) in [5, 5.41) is 7.48. The van der Waals surface area contributed by atoms with Crippen LogP contribution in [0.1, 0.15) is 52.3 Å². The molecule has 1 atom stereocenters. The molecule has 3 aliphatic rings. The number of aromatic amines is 1. The second kappa shape index (κ2) is 6.02. The van der Waals surface area contributed by atoms with Gasteiger partial charge in [-0.1, -0.05) is 0 Å². The molecular weight excluding hydrogens is 342 g/mol. The van der Waals surface area contributed by atoms with E-state index in [1.54, 1.807) is 0 Å². The van der Waals surface area contributed by atoms with E-state index in [1.807, 2.05) is 11.1 Å². The number of rotatable bonds is 1. The lowest BCUT2D eigenvalue weighted by molar-refractivity contribution is 0.0625. The fourth-order valence-corrected chi connectivity index (χ4v) is 5.01. The first-order valence-corrected chi connectivity index (χ1v) is 9.71. The van der Waals surface area contributed by atoms with Crippen molar-refractivity contribution in [1.29, 1.82) is 0 Å². The number of likely N-dealkylation sites (N-methyl/N-ethyl adjacent to an activating group) is 1. The normalized spacial score (nSPS) is 24.9. The number of hydrogen-bond acceptors (Lipinski definition) is 6. The molecule has 1 aliphatic carbocycles. The molecule has 0 bridgehead atoms. The van der Waals surface area contributed by atoms with Gasteiger partial charge in [0, 0.05) is 55.5 Å². The Hall–Kier alpha value is -2.48. The molecule has 2 aliphatic heterocycles. The Balaban J connectivity index is 1.44. The summed E-state index contributed by atoms with van der Waals surface area (Å²) in [6, 6.07) is 0. The minimum Gasteiger partial charge on any atom is -0.368 e. The molecule has 0 saturated carbocycles. The Labute approximate surface area is 158 Å². The van der Waals surface area contributed by atoms with Gasteiger partial charge in [-0.05, 0) is 38.3 Å². The summed E-state index contributed by atoms with van der Waals surface area (Å²) in [5.74, 6) is 0.361. The Bertz CT molecular complexity index is 903. The van der Waals surface area contributed by atoms with Crippen LogP contribution in [0.3, 0.4) is 0 Å². The number of nitrogens with zero attached hydrogens (tertiary/aromatic N) is 5. The van der Waals surface area contributed by atoms with Crippen LogP contribution in [-0.2, 0) is 24.8 Å². The van der Waals surface area contributed by atoms with E-state index in [1.165, 1.54) is 5.56 Å². The molecule has 5 rings (SSSR count). The number of aromatic nitrogens is 4. The lowest BCUT2D eigenvalue weighted by Gasteiger charge is -2.40. The van der Waals surface area contributed by atoms with Gasteiger partial charge >= 0.3 is 0 Å². The van der Waals surface area contributed by atoms with Crippen LogP contribution < -0.4 is 5.73 Å². The maximum atomic E-state index is 13.3. The second-order valence-corrected chi connectivity index (χ2v) is 8.23. The van der Waals surface area contributed by atoms with Gasteiger partial charge in [0.1, 0.15) is 0 Å². The number of nitrogens with two attached hydrogens (primary N) is 1. The molecule has 142 valence electrons. The highest BCUT2D eigenvalue weighted by atomic mass is 16.2. The average molecular weight is 367 g/mol. The zero-order chi connectivity index (χ0) is 18.6. The molecular formula is C19H25N7O. The molecule has 0 radical (unpaired) electrons. The van der Waals surface area contributed by atoms with Crippen molar-refractivity contribution in [2.75, 3.05) is 32.4 Å². The number of carbonyl (C=O) groups excluding carboxylic acids is 1. The number of aryl methyl sites for hydroxylation is 1. The van der Waals surface area contributed by atoms with Gasteiger partial charge in [-0.3, -0.25) is 9.89 Å². The minimum atomic E-state index is -0.0898. The molecule has 1 spiro atoms. The summed E-state index contributed by atoms with van der Waals surface area (Å²) in [4.78, 5) is 26.2. The predicted octanol–water partition coefficient (Wildman–Crippen LogP) is 0.890. The quantitative estimate of drug-likeness (QED) is 0.776. The van der Waals surface area contributed by atoms with E-state index in [0.29, 0.717) is 18.2 Å². The van der Waals surface area contributed by atoms with Gasteiger partial charge in [-0.25, -0.2) is 9.97 Å². The van der Waals surface area contributed by atoms with Crippen LogP contribution >= 0.6 is 0 Å². The molecule has 3 N–H and O–H groups in total. The highest BCUT2D eigenvalue weighted by Gasteiger charge is 2.45. The van der Waals surface area contributed by atoms with Crippen LogP contribution in [0.2, 0.25) is 0 Å². The van der Waals surface area contributed by atoms with Crippen molar-refractivity contribution >= 4 is 11.9 Å². The molecule has 1 fully saturated rings. The van der Waals surface area contributed by atoms with Gasteiger partial charge < -0.3 is 15.5 Å². The number of anilines is 1. The van der Waals surface area contributed by atoms with Gasteiger partial charge in [-0.2, -0.15) is 5.10 Å². The molecule has 2 aromatic rings. The van der Waals surface area contributed by atoms with E-state index in [0.717, 1.165) is 68.7 Å². The van der Waals surface area contributed by atoms with Gasteiger partial charge in [0.2, 0.25) is 5.95 Å². The summed E-state index contributed by atoms with van der Waals surface area (Å²) in [6.45, 7) is 3.23. The van der Waals surface area contributed by atoms with Crippen molar-refractivity contribution in [3.63, 3.8) is 0 Å². The van der Waals surface area contributed by atoms with Gasteiger partial charge in [0.25, 0.3) is 5.91 Å².